The second-order valence-corrected chi connectivity index (χ2v) is 6.41. The van der Waals surface area contributed by atoms with Crippen LogP contribution in [0.15, 0.2) is 42.6 Å². The van der Waals surface area contributed by atoms with Gasteiger partial charge in [0, 0.05) is 22.4 Å². The zero-order chi connectivity index (χ0) is 19.7. The molecular weight excluding hydrogens is 350 g/mol. The molecule has 136 valence electrons. The van der Waals surface area contributed by atoms with E-state index in [0.29, 0.717) is 5.56 Å². The Hall–Kier alpha value is -3.90. The lowest BCUT2D eigenvalue weighted by molar-refractivity contribution is 0.411. The normalized spacial score (nSPS) is 10.7. The highest BCUT2D eigenvalue weighted by Gasteiger charge is 2.17. The monoisotopic (exact) mass is 367 g/mol. The molecule has 0 atom stereocenters. The first kappa shape index (κ1) is 17.5. The number of methoxy groups -OCH3 is 1. The van der Waals surface area contributed by atoms with Crippen molar-refractivity contribution < 1.29 is 4.74 Å². The van der Waals surface area contributed by atoms with Crippen molar-refractivity contribution in [3.63, 3.8) is 0 Å². The predicted molar refractivity (Wildman–Crippen MR) is 107 cm³/mol. The number of benzene rings is 2. The summed E-state index contributed by atoms with van der Waals surface area (Å²) in [5.41, 5.74) is 4.96. The van der Waals surface area contributed by atoms with E-state index < -0.39 is 0 Å². The predicted octanol–water partition coefficient (Wildman–Crippen LogP) is 4.22. The maximum Gasteiger partial charge on any atom is 0.128 e. The fourth-order valence-corrected chi connectivity index (χ4v) is 3.48. The van der Waals surface area contributed by atoms with Gasteiger partial charge in [-0.25, -0.2) is 4.68 Å². The van der Waals surface area contributed by atoms with Crippen molar-refractivity contribution in [3.8, 4) is 29.1 Å². The Bertz CT molecular complexity index is 1270. The molecule has 0 aliphatic heterocycles. The van der Waals surface area contributed by atoms with Gasteiger partial charge in [-0.1, -0.05) is 19.1 Å². The summed E-state index contributed by atoms with van der Waals surface area (Å²) in [6, 6.07) is 15.6. The molecule has 6 nitrogen and oxygen atoms in total. The number of aromatic nitrogens is 3. The molecule has 0 bridgehead atoms. The van der Waals surface area contributed by atoms with E-state index in [2.05, 4.69) is 30.1 Å². The molecule has 0 saturated heterocycles. The van der Waals surface area contributed by atoms with Crippen LogP contribution in [0.25, 0.3) is 33.1 Å². The van der Waals surface area contributed by atoms with E-state index >= 15 is 0 Å². The maximum atomic E-state index is 9.21. The number of ether oxygens (including phenoxy) is 1. The van der Waals surface area contributed by atoms with Gasteiger partial charge in [0.15, 0.2) is 0 Å². The first-order valence-corrected chi connectivity index (χ1v) is 8.93. The minimum absolute atomic E-state index is 0.136. The van der Waals surface area contributed by atoms with E-state index in [1.54, 1.807) is 30.1 Å². The Morgan fingerprint density at radius 3 is 2.57 bits per heavy atom. The molecular formula is C22H17N5O. The quantitative estimate of drug-likeness (QED) is 0.539. The summed E-state index contributed by atoms with van der Waals surface area (Å²) in [6.07, 6.45) is 2.58. The van der Waals surface area contributed by atoms with Gasteiger partial charge < -0.3 is 4.74 Å². The number of fused-ring (bicyclic) bond motifs is 3. The molecule has 0 amide bonds. The van der Waals surface area contributed by atoms with Gasteiger partial charge in [0.1, 0.15) is 18.0 Å². The van der Waals surface area contributed by atoms with Crippen LogP contribution in [-0.4, -0.2) is 21.9 Å². The van der Waals surface area contributed by atoms with E-state index in [-0.39, 0.29) is 6.54 Å². The lowest BCUT2D eigenvalue weighted by Gasteiger charge is -2.10. The Labute approximate surface area is 162 Å². The van der Waals surface area contributed by atoms with Crippen LogP contribution in [0.1, 0.15) is 18.1 Å². The highest BCUT2D eigenvalue weighted by molar-refractivity contribution is 6.11. The number of rotatable bonds is 4. The average Bonchev–Trinajstić information content (AvgIpc) is 3.11. The van der Waals surface area contributed by atoms with Crippen LogP contribution in [0.3, 0.4) is 0 Å². The van der Waals surface area contributed by atoms with Crippen LogP contribution < -0.4 is 4.74 Å². The number of hydrogen-bond acceptors (Lipinski definition) is 5. The molecule has 0 aliphatic carbocycles. The highest BCUT2D eigenvalue weighted by Crippen LogP contribution is 2.36. The molecule has 2 aromatic heterocycles. The third-order valence-electron chi connectivity index (χ3n) is 4.87. The average molecular weight is 367 g/mol. The van der Waals surface area contributed by atoms with E-state index in [0.717, 1.165) is 50.8 Å². The van der Waals surface area contributed by atoms with E-state index in [4.69, 9.17) is 15.1 Å². The number of nitrogens with zero attached hydrogens (tertiary/aromatic N) is 5. The first-order valence-electron chi connectivity index (χ1n) is 8.93. The summed E-state index contributed by atoms with van der Waals surface area (Å²) in [6.45, 7) is 2.22. The Balaban J connectivity index is 2.09. The third-order valence-corrected chi connectivity index (χ3v) is 4.87. The first-order chi connectivity index (χ1) is 13.7. The van der Waals surface area contributed by atoms with Crippen molar-refractivity contribution in [1.82, 2.24) is 14.8 Å². The zero-order valence-corrected chi connectivity index (χ0v) is 15.6. The van der Waals surface area contributed by atoms with Gasteiger partial charge in [0.05, 0.1) is 42.0 Å². The smallest absolute Gasteiger partial charge is 0.128 e. The highest BCUT2D eigenvalue weighted by atomic mass is 16.5. The van der Waals surface area contributed by atoms with Crippen LogP contribution >= 0.6 is 0 Å². The minimum Gasteiger partial charge on any atom is -0.496 e. The fraction of sp³-hybridized carbons (Fsp3) is 0.182. The van der Waals surface area contributed by atoms with Crippen molar-refractivity contribution in [3.05, 3.63) is 53.7 Å². The molecule has 0 fully saturated rings. The Morgan fingerprint density at radius 1 is 1.14 bits per heavy atom. The van der Waals surface area contributed by atoms with Crippen LogP contribution in [0.2, 0.25) is 0 Å². The van der Waals surface area contributed by atoms with Gasteiger partial charge in [-0.15, -0.1) is 0 Å². The molecule has 0 radical (unpaired) electrons. The van der Waals surface area contributed by atoms with Crippen LogP contribution in [-0.2, 0) is 13.0 Å². The Kier molecular flexibility index (Phi) is 4.39. The standard InChI is InChI=1S/C22H17N5O/c1-3-15-10-17-18(11-20(15)28-2)25-13-19-21(17)22(26-27(19)9-8-23)16-6-4-14(12-24)5-7-16/h4-7,10-11,13H,3,9H2,1-2H3. The molecule has 2 aromatic carbocycles. The summed E-state index contributed by atoms with van der Waals surface area (Å²) in [5, 5.41) is 24.9. The van der Waals surface area contributed by atoms with Crippen LogP contribution in [0.4, 0.5) is 0 Å². The maximum absolute atomic E-state index is 9.21. The third kappa shape index (κ3) is 2.72. The summed E-state index contributed by atoms with van der Waals surface area (Å²) in [7, 11) is 1.66. The molecule has 6 heteroatoms. The van der Waals surface area contributed by atoms with E-state index in [9.17, 15) is 5.26 Å². The van der Waals surface area contributed by atoms with Gasteiger partial charge in [-0.2, -0.15) is 15.6 Å². The second-order valence-electron chi connectivity index (χ2n) is 6.41. The van der Waals surface area contributed by atoms with Gasteiger partial charge in [0.25, 0.3) is 0 Å². The van der Waals surface area contributed by atoms with Crippen molar-refractivity contribution >= 4 is 21.8 Å². The minimum atomic E-state index is 0.136. The molecule has 0 unspecified atom stereocenters. The van der Waals surface area contributed by atoms with Gasteiger partial charge >= 0.3 is 0 Å². The van der Waals surface area contributed by atoms with Crippen LogP contribution in [0.5, 0.6) is 5.75 Å². The molecule has 0 saturated carbocycles. The molecule has 4 aromatic rings. The molecule has 4 rings (SSSR count). The van der Waals surface area contributed by atoms with Crippen molar-refractivity contribution in [2.45, 2.75) is 19.9 Å². The van der Waals surface area contributed by atoms with Crippen molar-refractivity contribution in [1.29, 1.82) is 10.5 Å². The number of nitriles is 2. The number of pyridine rings is 1. The Morgan fingerprint density at radius 2 is 1.93 bits per heavy atom. The van der Waals surface area contributed by atoms with E-state index in [1.807, 2.05) is 18.2 Å². The summed E-state index contributed by atoms with van der Waals surface area (Å²) >= 11 is 0. The molecule has 2 heterocycles. The number of aryl methyl sites for hydroxylation is 1. The molecule has 0 spiro atoms. The zero-order valence-electron chi connectivity index (χ0n) is 15.6. The molecule has 0 N–H and O–H groups in total. The van der Waals surface area contributed by atoms with Gasteiger partial charge in [0.2, 0.25) is 0 Å². The topological polar surface area (TPSA) is 87.5 Å². The van der Waals surface area contributed by atoms with Crippen molar-refractivity contribution in [2.24, 2.45) is 0 Å². The lowest BCUT2D eigenvalue weighted by Crippen LogP contribution is -1.98. The summed E-state index contributed by atoms with van der Waals surface area (Å²) in [4.78, 5) is 4.58. The van der Waals surface area contributed by atoms with E-state index in [1.165, 1.54) is 0 Å². The second kappa shape index (κ2) is 7.02. The fourth-order valence-electron chi connectivity index (χ4n) is 3.48. The largest absolute Gasteiger partial charge is 0.496 e. The summed E-state index contributed by atoms with van der Waals surface area (Å²) < 4.78 is 7.18. The van der Waals surface area contributed by atoms with Gasteiger partial charge in [-0.3, -0.25) is 4.98 Å². The molecule has 0 aliphatic rings. The molecule has 28 heavy (non-hydrogen) atoms. The SMILES string of the molecule is CCc1cc2c(cc1OC)ncc1c2c(-c2ccc(C#N)cc2)nn1CC#N. The summed E-state index contributed by atoms with van der Waals surface area (Å²) in [5.74, 6) is 0.811. The van der Waals surface area contributed by atoms with Crippen LogP contribution in [0, 0.1) is 22.7 Å². The van der Waals surface area contributed by atoms with Gasteiger partial charge in [-0.05, 0) is 30.2 Å². The number of hydrogen-bond donors (Lipinski definition) is 0. The van der Waals surface area contributed by atoms with Crippen molar-refractivity contribution in [2.75, 3.05) is 7.11 Å². The lowest BCUT2D eigenvalue weighted by atomic mass is 10.0.